The first-order valence-corrected chi connectivity index (χ1v) is 7.29. The predicted octanol–water partition coefficient (Wildman–Crippen LogP) is 1.95. The van der Waals surface area contributed by atoms with E-state index in [4.69, 9.17) is 0 Å². The van der Waals surface area contributed by atoms with Crippen LogP contribution in [0.1, 0.15) is 46.3 Å². The van der Waals surface area contributed by atoms with Gasteiger partial charge in [0, 0.05) is 24.7 Å². The Bertz CT molecular complexity index is 601. The number of amides is 1. The molecule has 3 rings (SSSR count). The Balaban J connectivity index is 1.86. The van der Waals surface area contributed by atoms with Crippen molar-refractivity contribution >= 4 is 5.91 Å². The lowest BCUT2D eigenvalue weighted by Crippen LogP contribution is -2.35. The standard InChI is InChI=1S/C15H17F3N2O2/c16-15(17,18)11-5-8(4-9-10(11)7-20-14(9)22)6-19-12-2-1-3-13(12)21/h4-5,12-13,19,21H,1-3,6-7H2,(H,20,22)/t12-,13-/m1/s1. The molecule has 1 amide bonds. The lowest BCUT2D eigenvalue weighted by molar-refractivity contribution is -0.138. The molecule has 4 nitrogen and oxygen atoms in total. The highest BCUT2D eigenvalue weighted by Gasteiger charge is 2.37. The average Bonchev–Trinajstić information content (AvgIpc) is 3.02. The zero-order valence-electron chi connectivity index (χ0n) is 11.8. The summed E-state index contributed by atoms with van der Waals surface area (Å²) in [6.07, 6.45) is -2.53. The van der Waals surface area contributed by atoms with Gasteiger partial charge in [-0.3, -0.25) is 4.79 Å². The molecular weight excluding hydrogens is 297 g/mol. The fraction of sp³-hybridized carbons (Fsp3) is 0.533. The van der Waals surface area contributed by atoms with E-state index in [9.17, 15) is 23.1 Å². The van der Waals surface area contributed by atoms with Gasteiger partial charge in [-0.25, -0.2) is 0 Å². The summed E-state index contributed by atoms with van der Waals surface area (Å²) in [7, 11) is 0. The third-order valence-corrected chi connectivity index (χ3v) is 4.33. The number of carbonyl (C=O) groups excluding carboxylic acids is 1. The van der Waals surface area contributed by atoms with E-state index in [1.54, 1.807) is 0 Å². The van der Waals surface area contributed by atoms with Crippen LogP contribution in [0, 0.1) is 0 Å². The molecule has 1 aromatic carbocycles. The third kappa shape index (κ3) is 2.83. The van der Waals surface area contributed by atoms with Gasteiger partial charge in [0.15, 0.2) is 0 Å². The first kappa shape index (κ1) is 15.3. The van der Waals surface area contributed by atoms with Crippen LogP contribution >= 0.6 is 0 Å². The molecule has 1 heterocycles. The van der Waals surface area contributed by atoms with Crippen LogP contribution in [0.5, 0.6) is 0 Å². The van der Waals surface area contributed by atoms with E-state index in [0.717, 1.165) is 18.9 Å². The molecular formula is C15H17F3N2O2. The van der Waals surface area contributed by atoms with E-state index in [2.05, 4.69) is 10.6 Å². The summed E-state index contributed by atoms with van der Waals surface area (Å²) < 4.78 is 39.5. The maximum absolute atomic E-state index is 13.2. The maximum Gasteiger partial charge on any atom is 0.416 e. The summed E-state index contributed by atoms with van der Waals surface area (Å²) in [4.78, 5) is 11.7. The molecule has 120 valence electrons. The molecule has 7 heteroatoms. The highest BCUT2D eigenvalue weighted by molar-refractivity contribution is 5.99. The molecule has 1 aliphatic carbocycles. The van der Waals surface area contributed by atoms with Gasteiger partial charge in [-0.1, -0.05) is 0 Å². The van der Waals surface area contributed by atoms with Crippen LogP contribution < -0.4 is 10.6 Å². The highest BCUT2D eigenvalue weighted by Crippen LogP contribution is 2.36. The highest BCUT2D eigenvalue weighted by atomic mass is 19.4. The SMILES string of the molecule is O=C1NCc2c1cc(CN[C@@H]1CCC[C@H]1O)cc2C(F)(F)F. The van der Waals surface area contributed by atoms with Crippen molar-refractivity contribution in [1.29, 1.82) is 0 Å². The van der Waals surface area contributed by atoms with Crippen LogP contribution in [-0.2, 0) is 19.3 Å². The van der Waals surface area contributed by atoms with E-state index in [-0.39, 0.29) is 30.3 Å². The number of hydrogen-bond donors (Lipinski definition) is 3. The molecule has 1 aliphatic heterocycles. The number of hydrogen-bond acceptors (Lipinski definition) is 3. The number of rotatable bonds is 3. The first-order valence-electron chi connectivity index (χ1n) is 7.29. The van der Waals surface area contributed by atoms with Gasteiger partial charge in [0.25, 0.3) is 5.91 Å². The van der Waals surface area contributed by atoms with Crippen molar-refractivity contribution in [2.24, 2.45) is 0 Å². The fourth-order valence-corrected chi connectivity index (χ4v) is 3.17. The Kier molecular flexibility index (Phi) is 3.86. The fourth-order valence-electron chi connectivity index (χ4n) is 3.17. The maximum atomic E-state index is 13.2. The molecule has 0 saturated heterocycles. The molecule has 2 atom stereocenters. The molecule has 3 N–H and O–H groups in total. The number of nitrogens with one attached hydrogen (secondary N) is 2. The third-order valence-electron chi connectivity index (χ3n) is 4.33. The first-order chi connectivity index (χ1) is 10.4. The molecule has 22 heavy (non-hydrogen) atoms. The summed E-state index contributed by atoms with van der Waals surface area (Å²) in [5.41, 5.74) is -0.241. The second kappa shape index (κ2) is 5.55. The summed E-state index contributed by atoms with van der Waals surface area (Å²) in [5, 5.41) is 15.3. The minimum atomic E-state index is -4.49. The van der Waals surface area contributed by atoms with Gasteiger partial charge in [-0.15, -0.1) is 0 Å². The van der Waals surface area contributed by atoms with E-state index in [1.807, 2.05) is 0 Å². The van der Waals surface area contributed by atoms with Crippen LogP contribution in [-0.4, -0.2) is 23.2 Å². The van der Waals surface area contributed by atoms with Crippen LogP contribution in [0.15, 0.2) is 12.1 Å². The van der Waals surface area contributed by atoms with Crippen LogP contribution in [0.25, 0.3) is 0 Å². The number of alkyl halides is 3. The van der Waals surface area contributed by atoms with Crippen molar-refractivity contribution in [3.05, 3.63) is 34.4 Å². The second-order valence-electron chi connectivity index (χ2n) is 5.84. The largest absolute Gasteiger partial charge is 0.416 e. The summed E-state index contributed by atoms with van der Waals surface area (Å²) in [5.74, 6) is -0.469. The quantitative estimate of drug-likeness (QED) is 0.799. The zero-order chi connectivity index (χ0) is 15.9. The molecule has 0 spiro atoms. The van der Waals surface area contributed by atoms with Crippen LogP contribution in [0.3, 0.4) is 0 Å². The van der Waals surface area contributed by atoms with E-state index in [1.165, 1.54) is 6.07 Å². The van der Waals surface area contributed by atoms with Gasteiger partial charge < -0.3 is 15.7 Å². The number of aliphatic hydroxyl groups excluding tert-OH is 1. The Hall–Kier alpha value is -1.60. The van der Waals surface area contributed by atoms with Crippen molar-refractivity contribution in [3.63, 3.8) is 0 Å². The minimum absolute atomic E-state index is 0.0159. The van der Waals surface area contributed by atoms with E-state index >= 15 is 0 Å². The molecule has 1 saturated carbocycles. The Morgan fingerprint density at radius 2 is 2.09 bits per heavy atom. The molecule has 0 aromatic heterocycles. The topological polar surface area (TPSA) is 61.4 Å². The lowest BCUT2D eigenvalue weighted by Gasteiger charge is -2.18. The van der Waals surface area contributed by atoms with Crippen molar-refractivity contribution in [3.8, 4) is 0 Å². The van der Waals surface area contributed by atoms with E-state index in [0.29, 0.717) is 12.0 Å². The van der Waals surface area contributed by atoms with Crippen molar-refractivity contribution in [2.45, 2.75) is 50.7 Å². The second-order valence-corrected chi connectivity index (χ2v) is 5.84. The van der Waals surface area contributed by atoms with E-state index < -0.39 is 23.8 Å². The molecule has 1 fully saturated rings. The van der Waals surface area contributed by atoms with Gasteiger partial charge >= 0.3 is 6.18 Å². The smallest absolute Gasteiger partial charge is 0.392 e. The van der Waals surface area contributed by atoms with Crippen molar-refractivity contribution in [1.82, 2.24) is 10.6 Å². The van der Waals surface area contributed by atoms with Gasteiger partial charge in [0.1, 0.15) is 0 Å². The van der Waals surface area contributed by atoms with Crippen LogP contribution in [0.2, 0.25) is 0 Å². The molecule has 2 aliphatic rings. The Morgan fingerprint density at radius 3 is 2.73 bits per heavy atom. The lowest BCUT2D eigenvalue weighted by atomic mass is 9.98. The minimum Gasteiger partial charge on any atom is -0.392 e. The summed E-state index contributed by atoms with van der Waals surface area (Å²) >= 11 is 0. The molecule has 0 radical (unpaired) electrons. The average molecular weight is 314 g/mol. The predicted molar refractivity (Wildman–Crippen MR) is 73.1 cm³/mol. The van der Waals surface area contributed by atoms with Gasteiger partial charge in [-0.05, 0) is 42.5 Å². The number of aliphatic hydroxyl groups is 1. The van der Waals surface area contributed by atoms with Crippen molar-refractivity contribution in [2.75, 3.05) is 0 Å². The summed E-state index contributed by atoms with van der Waals surface area (Å²) in [6.45, 7) is 0.115. The summed E-state index contributed by atoms with van der Waals surface area (Å²) in [6, 6.07) is 2.49. The molecule has 1 aromatic rings. The monoisotopic (exact) mass is 314 g/mol. The molecule has 0 bridgehead atoms. The Labute approximate surface area is 125 Å². The number of benzene rings is 1. The van der Waals surface area contributed by atoms with Gasteiger partial charge in [-0.2, -0.15) is 13.2 Å². The van der Waals surface area contributed by atoms with Gasteiger partial charge in [0.05, 0.1) is 11.7 Å². The normalized spacial score (nSPS) is 24.5. The zero-order valence-corrected chi connectivity index (χ0v) is 11.8. The molecule has 0 unspecified atom stereocenters. The number of halogens is 3. The van der Waals surface area contributed by atoms with Crippen LogP contribution in [0.4, 0.5) is 13.2 Å². The number of carbonyl (C=O) groups is 1. The van der Waals surface area contributed by atoms with Crippen molar-refractivity contribution < 1.29 is 23.1 Å². The Morgan fingerprint density at radius 1 is 1.32 bits per heavy atom. The number of fused-ring (bicyclic) bond motifs is 1. The van der Waals surface area contributed by atoms with Gasteiger partial charge in [0.2, 0.25) is 0 Å².